The van der Waals surface area contributed by atoms with Crippen molar-refractivity contribution in [3.8, 4) is 17.6 Å². The van der Waals surface area contributed by atoms with Crippen molar-refractivity contribution in [1.29, 1.82) is 5.26 Å². The van der Waals surface area contributed by atoms with Gasteiger partial charge in [0.2, 0.25) is 0 Å². The molecular weight excluding hydrogens is 460 g/mol. The molecular formula is C32H24N2O3. The number of hydrogen-bond donors (Lipinski definition) is 1. The van der Waals surface area contributed by atoms with E-state index in [1.165, 1.54) is 6.08 Å². The van der Waals surface area contributed by atoms with Gasteiger partial charge in [0, 0.05) is 5.69 Å². The van der Waals surface area contributed by atoms with Gasteiger partial charge in [-0.05, 0) is 63.0 Å². The predicted molar refractivity (Wildman–Crippen MR) is 147 cm³/mol. The molecule has 0 aromatic heterocycles. The van der Waals surface area contributed by atoms with E-state index in [1.807, 2.05) is 72.8 Å². The quantitative estimate of drug-likeness (QED) is 0.197. The average molecular weight is 485 g/mol. The van der Waals surface area contributed by atoms with Gasteiger partial charge < -0.3 is 14.8 Å². The van der Waals surface area contributed by atoms with Gasteiger partial charge in [-0.25, -0.2) is 0 Å². The molecule has 0 spiro atoms. The third-order valence-electron chi connectivity index (χ3n) is 6.13. The minimum Gasteiger partial charge on any atom is -0.493 e. The lowest BCUT2D eigenvalue weighted by atomic mass is 10.1. The summed E-state index contributed by atoms with van der Waals surface area (Å²) in [5, 5.41) is 16.8. The first-order valence-corrected chi connectivity index (χ1v) is 11.8. The van der Waals surface area contributed by atoms with E-state index in [0.717, 1.165) is 27.1 Å². The second-order valence-electron chi connectivity index (χ2n) is 8.52. The summed E-state index contributed by atoms with van der Waals surface area (Å²) in [5.41, 5.74) is 2.33. The van der Waals surface area contributed by atoms with E-state index < -0.39 is 5.91 Å². The molecule has 180 valence electrons. The second-order valence-corrected chi connectivity index (χ2v) is 8.52. The standard InChI is InChI=1S/C32H24N2O3/c1-36-31-18-22(13-16-30(31)37-21-26-11-6-10-24-8-4-5-12-29(24)26)17-27(20-33)32(35)34-28-15-14-23-7-2-3-9-25(23)19-28/h2-19H,21H2,1H3,(H,34,35)/b27-17+. The highest BCUT2D eigenvalue weighted by atomic mass is 16.5. The minimum atomic E-state index is -0.479. The lowest BCUT2D eigenvalue weighted by Gasteiger charge is -2.13. The lowest BCUT2D eigenvalue weighted by molar-refractivity contribution is -0.112. The fourth-order valence-corrected chi connectivity index (χ4v) is 4.25. The molecule has 5 rings (SSSR count). The average Bonchev–Trinajstić information content (AvgIpc) is 2.94. The van der Waals surface area contributed by atoms with Gasteiger partial charge >= 0.3 is 0 Å². The highest BCUT2D eigenvalue weighted by Crippen LogP contribution is 2.31. The smallest absolute Gasteiger partial charge is 0.266 e. The normalized spacial score (nSPS) is 11.2. The molecule has 0 saturated heterocycles. The Labute approximate surface area is 215 Å². The Hall–Kier alpha value is -5.08. The highest BCUT2D eigenvalue weighted by Gasteiger charge is 2.12. The van der Waals surface area contributed by atoms with E-state index in [1.54, 1.807) is 25.3 Å². The number of ether oxygens (including phenoxy) is 2. The second kappa shape index (κ2) is 10.7. The van der Waals surface area contributed by atoms with E-state index in [9.17, 15) is 10.1 Å². The summed E-state index contributed by atoms with van der Waals surface area (Å²) in [5.74, 6) is 0.612. The van der Waals surface area contributed by atoms with Crippen molar-refractivity contribution in [3.63, 3.8) is 0 Å². The molecule has 0 fully saturated rings. The monoisotopic (exact) mass is 484 g/mol. The van der Waals surface area contributed by atoms with Gasteiger partial charge in [0.25, 0.3) is 5.91 Å². The zero-order valence-corrected chi connectivity index (χ0v) is 20.3. The molecule has 0 heterocycles. The number of benzene rings is 5. The van der Waals surface area contributed by atoms with E-state index in [2.05, 4.69) is 23.5 Å². The Morgan fingerprint density at radius 3 is 2.41 bits per heavy atom. The first kappa shape index (κ1) is 23.7. The summed E-state index contributed by atoms with van der Waals surface area (Å²) in [6.07, 6.45) is 1.54. The van der Waals surface area contributed by atoms with Crippen molar-refractivity contribution < 1.29 is 14.3 Å². The van der Waals surface area contributed by atoms with Crippen molar-refractivity contribution in [1.82, 2.24) is 0 Å². The van der Waals surface area contributed by atoms with Crippen LogP contribution in [0.15, 0.2) is 109 Å². The van der Waals surface area contributed by atoms with Crippen LogP contribution in [0.25, 0.3) is 27.6 Å². The number of methoxy groups -OCH3 is 1. The number of hydrogen-bond acceptors (Lipinski definition) is 4. The Morgan fingerprint density at radius 2 is 1.59 bits per heavy atom. The van der Waals surface area contributed by atoms with Crippen LogP contribution in [-0.4, -0.2) is 13.0 Å². The van der Waals surface area contributed by atoms with E-state index >= 15 is 0 Å². The molecule has 0 aliphatic rings. The van der Waals surface area contributed by atoms with Gasteiger partial charge in [0.15, 0.2) is 11.5 Å². The summed E-state index contributed by atoms with van der Waals surface area (Å²) < 4.78 is 11.6. The van der Waals surface area contributed by atoms with Crippen LogP contribution in [0, 0.1) is 11.3 Å². The number of rotatable bonds is 7. The zero-order valence-electron chi connectivity index (χ0n) is 20.3. The van der Waals surface area contributed by atoms with Crippen LogP contribution in [0.5, 0.6) is 11.5 Å². The molecule has 0 bridgehead atoms. The molecule has 0 atom stereocenters. The van der Waals surface area contributed by atoms with Crippen molar-refractivity contribution >= 4 is 39.2 Å². The highest BCUT2D eigenvalue weighted by molar-refractivity contribution is 6.10. The van der Waals surface area contributed by atoms with Crippen LogP contribution < -0.4 is 14.8 Å². The Bertz CT molecular complexity index is 1680. The Balaban J connectivity index is 1.33. The number of amides is 1. The maximum absolute atomic E-state index is 12.8. The SMILES string of the molecule is COc1cc(/C=C(\C#N)C(=O)Nc2ccc3ccccc3c2)ccc1OCc1cccc2ccccc12. The molecule has 1 N–H and O–H groups in total. The molecule has 5 heteroatoms. The molecule has 1 amide bonds. The van der Waals surface area contributed by atoms with Crippen molar-refractivity contribution in [2.45, 2.75) is 6.61 Å². The number of carbonyl (C=O) groups is 1. The van der Waals surface area contributed by atoms with Gasteiger partial charge in [0.05, 0.1) is 7.11 Å². The van der Waals surface area contributed by atoms with Crippen molar-refractivity contribution in [3.05, 3.63) is 120 Å². The summed E-state index contributed by atoms with van der Waals surface area (Å²) in [6, 6.07) is 35.1. The zero-order chi connectivity index (χ0) is 25.6. The topological polar surface area (TPSA) is 71.3 Å². The number of carbonyl (C=O) groups excluding carboxylic acids is 1. The Morgan fingerprint density at radius 1 is 0.838 bits per heavy atom. The number of anilines is 1. The number of nitrogens with one attached hydrogen (secondary N) is 1. The maximum atomic E-state index is 12.8. The lowest BCUT2D eigenvalue weighted by Crippen LogP contribution is -2.13. The number of nitrogens with zero attached hydrogens (tertiary/aromatic N) is 1. The third kappa shape index (κ3) is 5.29. The van der Waals surface area contributed by atoms with Gasteiger partial charge in [-0.2, -0.15) is 5.26 Å². The number of nitriles is 1. The van der Waals surface area contributed by atoms with Gasteiger partial charge in [-0.1, -0.05) is 78.9 Å². The van der Waals surface area contributed by atoms with Crippen LogP contribution in [0.2, 0.25) is 0 Å². The molecule has 0 radical (unpaired) electrons. The van der Waals surface area contributed by atoms with Crippen LogP contribution in [0.4, 0.5) is 5.69 Å². The van der Waals surface area contributed by atoms with Crippen molar-refractivity contribution in [2.75, 3.05) is 12.4 Å². The van der Waals surface area contributed by atoms with E-state index in [-0.39, 0.29) is 5.57 Å². The first-order valence-electron chi connectivity index (χ1n) is 11.8. The van der Waals surface area contributed by atoms with Crippen LogP contribution in [0.1, 0.15) is 11.1 Å². The molecule has 5 aromatic rings. The van der Waals surface area contributed by atoms with E-state index in [0.29, 0.717) is 29.4 Å². The maximum Gasteiger partial charge on any atom is 0.266 e. The predicted octanol–water partition coefficient (Wildman–Crippen LogP) is 7.13. The molecule has 37 heavy (non-hydrogen) atoms. The molecule has 0 unspecified atom stereocenters. The van der Waals surface area contributed by atoms with Gasteiger partial charge in [-0.15, -0.1) is 0 Å². The summed E-state index contributed by atoms with van der Waals surface area (Å²) in [6.45, 7) is 0.379. The van der Waals surface area contributed by atoms with Crippen LogP contribution in [0.3, 0.4) is 0 Å². The number of fused-ring (bicyclic) bond motifs is 2. The van der Waals surface area contributed by atoms with Gasteiger partial charge in [0.1, 0.15) is 18.2 Å². The first-order chi connectivity index (χ1) is 18.1. The summed E-state index contributed by atoms with van der Waals surface area (Å²) in [7, 11) is 1.56. The fraction of sp³-hybridized carbons (Fsp3) is 0.0625. The third-order valence-corrected chi connectivity index (χ3v) is 6.13. The molecule has 5 aromatic carbocycles. The molecule has 0 aliphatic heterocycles. The van der Waals surface area contributed by atoms with Crippen LogP contribution in [-0.2, 0) is 11.4 Å². The van der Waals surface area contributed by atoms with Crippen LogP contribution >= 0.6 is 0 Å². The minimum absolute atomic E-state index is 0.0142. The van der Waals surface area contributed by atoms with Crippen molar-refractivity contribution in [2.24, 2.45) is 0 Å². The van der Waals surface area contributed by atoms with Gasteiger partial charge in [-0.3, -0.25) is 4.79 Å². The fourth-order valence-electron chi connectivity index (χ4n) is 4.25. The molecule has 0 saturated carbocycles. The Kier molecular flexibility index (Phi) is 6.82. The van der Waals surface area contributed by atoms with E-state index in [4.69, 9.17) is 9.47 Å². The molecule has 5 nitrogen and oxygen atoms in total. The largest absolute Gasteiger partial charge is 0.493 e. The summed E-state index contributed by atoms with van der Waals surface area (Å²) in [4.78, 5) is 12.8. The molecule has 0 aliphatic carbocycles. The summed E-state index contributed by atoms with van der Waals surface area (Å²) >= 11 is 0.